The maximum atomic E-state index is 10.3. The van der Waals surface area contributed by atoms with Crippen LogP contribution in [0.25, 0.3) is 0 Å². The third-order valence-corrected chi connectivity index (χ3v) is 4.67. The van der Waals surface area contributed by atoms with Gasteiger partial charge in [0.2, 0.25) is 0 Å². The number of β-amino-alcohol motifs (C(OH)–C–C–N with tert-alkyl or cyclic N) is 1. The number of rotatable bonds is 4. The lowest BCUT2D eigenvalue weighted by molar-refractivity contribution is -0.171. The van der Waals surface area contributed by atoms with Crippen molar-refractivity contribution in [1.82, 2.24) is 0 Å². The molecular formula is C17H16Cl2N2O3. The Morgan fingerprint density at radius 2 is 2.04 bits per heavy atom. The highest BCUT2D eigenvalue weighted by Crippen LogP contribution is 2.39. The van der Waals surface area contributed by atoms with Crippen LogP contribution in [-0.2, 0) is 4.74 Å². The topological polar surface area (TPSA) is 54.0 Å². The molecule has 2 N–H and O–H groups in total. The molecule has 4 rings (SSSR count). The number of hydrogen-bond donors (Lipinski definition) is 2. The standard InChI is InChI=1S/C17H16Cl2N2O3/c18-11-1-3-13(19)16(5-11)24-12-2-4-14-15(6-12)21(10-20-14)7-17(22)8-23-9-17/h1-6,20,22H,7-10H2. The number of ether oxygens (including phenoxy) is 2. The third kappa shape index (κ3) is 3.00. The van der Waals surface area contributed by atoms with Crippen molar-refractivity contribution in [3.63, 3.8) is 0 Å². The van der Waals surface area contributed by atoms with Crippen LogP contribution in [0, 0.1) is 0 Å². The summed E-state index contributed by atoms with van der Waals surface area (Å²) in [6.45, 7) is 1.88. The van der Waals surface area contributed by atoms with Crippen LogP contribution >= 0.6 is 23.2 Å². The summed E-state index contributed by atoms with van der Waals surface area (Å²) in [6.07, 6.45) is 0. The largest absolute Gasteiger partial charge is 0.456 e. The molecule has 0 amide bonds. The zero-order valence-electron chi connectivity index (χ0n) is 12.8. The van der Waals surface area contributed by atoms with E-state index in [2.05, 4.69) is 10.2 Å². The maximum Gasteiger partial charge on any atom is 0.147 e. The van der Waals surface area contributed by atoms with Crippen molar-refractivity contribution in [3.8, 4) is 11.5 Å². The van der Waals surface area contributed by atoms with Gasteiger partial charge < -0.3 is 24.8 Å². The Balaban J connectivity index is 1.57. The van der Waals surface area contributed by atoms with Gasteiger partial charge >= 0.3 is 0 Å². The minimum Gasteiger partial charge on any atom is -0.456 e. The van der Waals surface area contributed by atoms with E-state index in [1.807, 2.05) is 18.2 Å². The molecule has 1 fully saturated rings. The number of halogens is 2. The van der Waals surface area contributed by atoms with Gasteiger partial charge in [0.05, 0.1) is 42.8 Å². The smallest absolute Gasteiger partial charge is 0.147 e. The molecule has 126 valence electrons. The number of fused-ring (bicyclic) bond motifs is 1. The van der Waals surface area contributed by atoms with Gasteiger partial charge in [0.15, 0.2) is 0 Å². The summed E-state index contributed by atoms with van der Waals surface area (Å²) in [5, 5.41) is 14.7. The summed E-state index contributed by atoms with van der Waals surface area (Å²) in [5.41, 5.74) is 1.20. The summed E-state index contributed by atoms with van der Waals surface area (Å²) in [5.74, 6) is 1.16. The monoisotopic (exact) mass is 366 g/mol. The van der Waals surface area contributed by atoms with Crippen LogP contribution in [-0.4, -0.2) is 37.1 Å². The second-order valence-corrected chi connectivity index (χ2v) is 6.95. The molecule has 7 heteroatoms. The molecule has 5 nitrogen and oxygen atoms in total. The van der Waals surface area contributed by atoms with E-state index >= 15 is 0 Å². The molecule has 0 unspecified atom stereocenters. The number of benzene rings is 2. The Hall–Kier alpha value is -1.66. The van der Waals surface area contributed by atoms with Crippen molar-refractivity contribution in [3.05, 3.63) is 46.4 Å². The number of nitrogens with zero attached hydrogens (tertiary/aromatic N) is 1. The van der Waals surface area contributed by atoms with E-state index in [0.29, 0.717) is 48.0 Å². The first-order valence-corrected chi connectivity index (χ1v) is 8.34. The van der Waals surface area contributed by atoms with E-state index in [1.54, 1.807) is 18.2 Å². The molecular weight excluding hydrogens is 351 g/mol. The first-order chi connectivity index (χ1) is 11.5. The van der Waals surface area contributed by atoms with Crippen LogP contribution in [0.5, 0.6) is 11.5 Å². The van der Waals surface area contributed by atoms with Crippen molar-refractivity contribution < 1.29 is 14.6 Å². The predicted molar refractivity (Wildman–Crippen MR) is 94.6 cm³/mol. The van der Waals surface area contributed by atoms with Crippen molar-refractivity contribution in [2.75, 3.05) is 36.6 Å². The Morgan fingerprint density at radius 3 is 2.79 bits per heavy atom. The lowest BCUT2D eigenvalue weighted by Gasteiger charge is -2.39. The van der Waals surface area contributed by atoms with E-state index in [-0.39, 0.29) is 0 Å². The predicted octanol–water partition coefficient (Wildman–Crippen LogP) is 3.74. The number of aliphatic hydroxyl groups is 1. The average Bonchev–Trinajstić information content (AvgIpc) is 2.92. The van der Waals surface area contributed by atoms with Crippen LogP contribution in [0.15, 0.2) is 36.4 Å². The summed E-state index contributed by atoms with van der Waals surface area (Å²) >= 11 is 12.2. The van der Waals surface area contributed by atoms with Crippen LogP contribution in [0.1, 0.15) is 0 Å². The Bertz CT molecular complexity index is 780. The maximum absolute atomic E-state index is 10.3. The Labute approximate surface area is 149 Å². The summed E-state index contributed by atoms with van der Waals surface area (Å²) in [7, 11) is 0. The van der Waals surface area contributed by atoms with Gasteiger partial charge in [0, 0.05) is 17.2 Å². The van der Waals surface area contributed by atoms with Crippen molar-refractivity contribution >= 4 is 34.6 Å². The highest BCUT2D eigenvalue weighted by Gasteiger charge is 2.39. The van der Waals surface area contributed by atoms with E-state index in [0.717, 1.165) is 11.4 Å². The quantitative estimate of drug-likeness (QED) is 0.863. The van der Waals surface area contributed by atoms with Crippen LogP contribution in [0.4, 0.5) is 11.4 Å². The highest BCUT2D eigenvalue weighted by molar-refractivity contribution is 6.34. The van der Waals surface area contributed by atoms with Gasteiger partial charge in [-0.15, -0.1) is 0 Å². The molecule has 0 bridgehead atoms. The summed E-state index contributed by atoms with van der Waals surface area (Å²) in [6, 6.07) is 10.8. The fourth-order valence-electron chi connectivity index (χ4n) is 2.86. The molecule has 2 aliphatic heterocycles. The minimum absolute atomic E-state index is 0.368. The van der Waals surface area contributed by atoms with Gasteiger partial charge in [0.1, 0.15) is 17.1 Å². The summed E-state index contributed by atoms with van der Waals surface area (Å²) in [4.78, 5) is 2.07. The number of hydrogen-bond acceptors (Lipinski definition) is 5. The van der Waals surface area contributed by atoms with Crippen LogP contribution in [0.2, 0.25) is 10.0 Å². The van der Waals surface area contributed by atoms with Gasteiger partial charge in [-0.05, 0) is 24.3 Å². The minimum atomic E-state index is -0.781. The van der Waals surface area contributed by atoms with E-state index < -0.39 is 5.60 Å². The van der Waals surface area contributed by atoms with Gasteiger partial charge in [-0.25, -0.2) is 0 Å². The zero-order chi connectivity index (χ0) is 16.7. The Kier molecular flexibility index (Phi) is 3.96. The molecule has 2 aromatic rings. The van der Waals surface area contributed by atoms with Crippen LogP contribution < -0.4 is 15.0 Å². The van der Waals surface area contributed by atoms with E-state index in [4.69, 9.17) is 32.7 Å². The van der Waals surface area contributed by atoms with E-state index in [1.165, 1.54) is 0 Å². The first kappa shape index (κ1) is 15.8. The van der Waals surface area contributed by atoms with Crippen molar-refractivity contribution in [2.24, 2.45) is 0 Å². The third-order valence-electron chi connectivity index (χ3n) is 4.12. The second kappa shape index (κ2) is 6.01. The second-order valence-electron chi connectivity index (χ2n) is 6.11. The lowest BCUT2D eigenvalue weighted by atomic mass is 10.0. The highest BCUT2D eigenvalue weighted by atomic mass is 35.5. The van der Waals surface area contributed by atoms with Crippen molar-refractivity contribution in [2.45, 2.75) is 5.60 Å². The normalized spacial score (nSPS) is 17.9. The number of anilines is 2. The van der Waals surface area contributed by atoms with Gasteiger partial charge in [0.25, 0.3) is 0 Å². The fourth-order valence-corrected chi connectivity index (χ4v) is 3.18. The molecule has 0 aliphatic carbocycles. The van der Waals surface area contributed by atoms with Gasteiger partial charge in [-0.3, -0.25) is 0 Å². The fraction of sp³-hybridized carbons (Fsp3) is 0.294. The molecule has 0 saturated carbocycles. The number of nitrogens with one attached hydrogen (secondary N) is 1. The molecule has 0 spiro atoms. The molecule has 24 heavy (non-hydrogen) atoms. The molecule has 2 aliphatic rings. The van der Waals surface area contributed by atoms with Crippen LogP contribution in [0.3, 0.4) is 0 Å². The molecule has 0 aromatic heterocycles. The van der Waals surface area contributed by atoms with Gasteiger partial charge in [-0.2, -0.15) is 0 Å². The SMILES string of the molecule is OC1(CN2CNc3ccc(Oc4cc(Cl)ccc4Cl)cc32)COC1. The summed E-state index contributed by atoms with van der Waals surface area (Å²) < 4.78 is 11.0. The van der Waals surface area contributed by atoms with Crippen molar-refractivity contribution in [1.29, 1.82) is 0 Å². The zero-order valence-corrected chi connectivity index (χ0v) is 14.3. The molecule has 2 aromatic carbocycles. The molecule has 1 saturated heterocycles. The molecule has 2 heterocycles. The van der Waals surface area contributed by atoms with E-state index in [9.17, 15) is 5.11 Å². The van der Waals surface area contributed by atoms with Gasteiger partial charge in [-0.1, -0.05) is 23.2 Å². The molecule has 0 atom stereocenters. The Morgan fingerprint density at radius 1 is 1.21 bits per heavy atom. The lowest BCUT2D eigenvalue weighted by Crippen LogP contribution is -2.57. The molecule has 0 radical (unpaired) electrons. The average molecular weight is 367 g/mol. The first-order valence-electron chi connectivity index (χ1n) is 7.58.